The number of rotatable bonds is 10. The predicted molar refractivity (Wildman–Crippen MR) is 140 cm³/mol. The Morgan fingerprint density at radius 2 is 1.08 bits per heavy atom. The van der Waals surface area contributed by atoms with Gasteiger partial charge in [0.15, 0.2) is 0 Å². The second-order valence-electron chi connectivity index (χ2n) is 7.47. The van der Waals surface area contributed by atoms with Crippen LogP contribution in [0.2, 0.25) is 0 Å². The number of hydrogen-bond donors (Lipinski definition) is 6. The molecule has 0 saturated heterocycles. The van der Waals surface area contributed by atoms with E-state index in [9.17, 15) is 9.59 Å². The number of benzene rings is 1. The van der Waals surface area contributed by atoms with Crippen molar-refractivity contribution >= 4 is 46.8 Å². The fourth-order valence-corrected chi connectivity index (χ4v) is 3.07. The molecule has 0 aliphatic rings. The SMILES string of the molecule is CCOC(=O)Nc1ccc(NCc2ccc(CNc3ccc(NC(=O)OCC)c(N)n3)cc2)nc1N. The number of anilines is 6. The first-order chi connectivity index (χ1) is 17.4. The van der Waals surface area contributed by atoms with Crippen LogP contribution >= 0.6 is 0 Å². The van der Waals surface area contributed by atoms with Crippen LogP contribution in [0.15, 0.2) is 48.5 Å². The van der Waals surface area contributed by atoms with Gasteiger partial charge in [-0.05, 0) is 49.2 Å². The van der Waals surface area contributed by atoms with Gasteiger partial charge in [-0.15, -0.1) is 0 Å². The summed E-state index contributed by atoms with van der Waals surface area (Å²) < 4.78 is 9.68. The first-order valence-electron chi connectivity index (χ1n) is 11.3. The van der Waals surface area contributed by atoms with Gasteiger partial charge in [0, 0.05) is 13.1 Å². The quantitative estimate of drug-likeness (QED) is 0.241. The molecular weight excluding hydrogens is 464 g/mol. The Labute approximate surface area is 208 Å². The lowest BCUT2D eigenvalue weighted by Gasteiger charge is -2.12. The van der Waals surface area contributed by atoms with Gasteiger partial charge < -0.3 is 31.6 Å². The highest BCUT2D eigenvalue weighted by Gasteiger charge is 2.09. The molecule has 1 aromatic carbocycles. The third-order valence-electron chi connectivity index (χ3n) is 4.84. The van der Waals surface area contributed by atoms with Crippen molar-refractivity contribution in [1.29, 1.82) is 0 Å². The van der Waals surface area contributed by atoms with E-state index < -0.39 is 12.2 Å². The number of amides is 2. The molecule has 0 spiro atoms. The average Bonchev–Trinajstić information content (AvgIpc) is 2.85. The van der Waals surface area contributed by atoms with Crippen LogP contribution in [0.1, 0.15) is 25.0 Å². The molecule has 0 atom stereocenters. The van der Waals surface area contributed by atoms with E-state index in [-0.39, 0.29) is 24.8 Å². The number of carbonyl (C=O) groups excluding carboxylic acids is 2. The van der Waals surface area contributed by atoms with Gasteiger partial charge in [0.25, 0.3) is 0 Å². The van der Waals surface area contributed by atoms with Gasteiger partial charge in [-0.25, -0.2) is 19.6 Å². The van der Waals surface area contributed by atoms with Crippen LogP contribution in [0.3, 0.4) is 0 Å². The Kier molecular flexibility index (Phi) is 9.09. The summed E-state index contributed by atoms with van der Waals surface area (Å²) in [5.41, 5.74) is 14.7. The number of hydrogen-bond acceptors (Lipinski definition) is 10. The van der Waals surface area contributed by atoms with Gasteiger partial charge in [0.05, 0.1) is 24.6 Å². The number of nitrogen functional groups attached to an aromatic ring is 2. The molecule has 3 rings (SSSR count). The smallest absolute Gasteiger partial charge is 0.411 e. The van der Waals surface area contributed by atoms with Crippen molar-refractivity contribution in [2.75, 3.05) is 45.9 Å². The van der Waals surface area contributed by atoms with Crippen molar-refractivity contribution in [3.05, 3.63) is 59.7 Å². The summed E-state index contributed by atoms with van der Waals surface area (Å²) in [6, 6.07) is 14.8. The molecule has 12 nitrogen and oxygen atoms in total. The van der Waals surface area contributed by atoms with Crippen molar-refractivity contribution in [2.45, 2.75) is 26.9 Å². The molecule has 2 heterocycles. The number of nitrogens with zero attached hydrogens (tertiary/aromatic N) is 2. The Bertz CT molecular complexity index is 1090. The zero-order valence-electron chi connectivity index (χ0n) is 20.1. The van der Waals surface area contributed by atoms with Crippen LogP contribution in [0.4, 0.5) is 44.2 Å². The Hall–Kier alpha value is -4.74. The van der Waals surface area contributed by atoms with Crippen LogP contribution < -0.4 is 32.7 Å². The Balaban J connectivity index is 1.49. The summed E-state index contributed by atoms with van der Waals surface area (Å²) in [6.45, 7) is 5.05. The summed E-state index contributed by atoms with van der Waals surface area (Å²) in [7, 11) is 0. The third-order valence-corrected chi connectivity index (χ3v) is 4.84. The molecule has 190 valence electrons. The maximum atomic E-state index is 11.5. The molecular formula is C24H30N8O4. The number of pyridine rings is 2. The minimum absolute atomic E-state index is 0.188. The summed E-state index contributed by atoms with van der Waals surface area (Å²) in [6.07, 6.45) is -1.16. The first-order valence-corrected chi connectivity index (χ1v) is 11.3. The second-order valence-corrected chi connectivity index (χ2v) is 7.47. The number of ether oxygens (including phenoxy) is 2. The van der Waals surface area contributed by atoms with Gasteiger partial charge in [-0.2, -0.15) is 0 Å². The molecule has 0 aliphatic heterocycles. The normalized spacial score (nSPS) is 10.3. The van der Waals surface area contributed by atoms with E-state index in [4.69, 9.17) is 20.9 Å². The van der Waals surface area contributed by atoms with Crippen LogP contribution in [-0.2, 0) is 22.6 Å². The van der Waals surface area contributed by atoms with E-state index in [0.29, 0.717) is 36.1 Å². The van der Waals surface area contributed by atoms with E-state index in [1.54, 1.807) is 38.1 Å². The average molecular weight is 495 g/mol. The molecule has 2 amide bonds. The molecule has 8 N–H and O–H groups in total. The summed E-state index contributed by atoms with van der Waals surface area (Å²) >= 11 is 0. The fraction of sp³-hybridized carbons (Fsp3) is 0.250. The van der Waals surface area contributed by atoms with Crippen molar-refractivity contribution in [2.24, 2.45) is 0 Å². The lowest BCUT2D eigenvalue weighted by molar-refractivity contribution is 0.167. The Morgan fingerprint density at radius 1 is 0.694 bits per heavy atom. The van der Waals surface area contributed by atoms with E-state index in [1.165, 1.54) is 0 Å². The predicted octanol–water partition coefficient (Wildman–Crippen LogP) is 4.00. The molecule has 0 aliphatic carbocycles. The van der Waals surface area contributed by atoms with E-state index >= 15 is 0 Å². The maximum Gasteiger partial charge on any atom is 0.411 e. The van der Waals surface area contributed by atoms with Gasteiger partial charge in [0.2, 0.25) is 0 Å². The number of carbonyl (C=O) groups is 2. The van der Waals surface area contributed by atoms with Crippen LogP contribution in [0, 0.1) is 0 Å². The largest absolute Gasteiger partial charge is 0.450 e. The summed E-state index contributed by atoms with van der Waals surface area (Å²) in [5.74, 6) is 1.54. The Morgan fingerprint density at radius 3 is 1.42 bits per heavy atom. The van der Waals surface area contributed by atoms with Gasteiger partial charge in [-0.1, -0.05) is 24.3 Å². The molecule has 0 fully saturated rings. The number of nitrogens with two attached hydrogens (primary N) is 2. The van der Waals surface area contributed by atoms with Gasteiger partial charge >= 0.3 is 12.2 Å². The zero-order chi connectivity index (χ0) is 25.9. The van der Waals surface area contributed by atoms with Crippen LogP contribution in [0.25, 0.3) is 0 Å². The monoisotopic (exact) mass is 494 g/mol. The summed E-state index contributed by atoms with van der Waals surface area (Å²) in [5, 5.41) is 11.5. The molecule has 0 bridgehead atoms. The molecule has 2 aromatic heterocycles. The van der Waals surface area contributed by atoms with Gasteiger partial charge in [0.1, 0.15) is 23.3 Å². The standard InChI is InChI=1S/C24H30N8O4/c1-3-35-23(33)29-17-9-11-19(31-21(17)25)27-13-15-5-7-16(8-6-15)14-28-20-12-10-18(22(26)32-20)30-24(34)36-4-2/h5-12H,3-4,13-14H2,1-2H3,(H,29,33)(H,30,34)(H3,25,27,31)(H3,26,28,32). The lowest BCUT2D eigenvalue weighted by atomic mass is 10.1. The minimum atomic E-state index is -0.580. The van der Waals surface area contributed by atoms with Crippen LogP contribution in [-0.4, -0.2) is 35.4 Å². The maximum absolute atomic E-state index is 11.5. The highest BCUT2D eigenvalue weighted by molar-refractivity contribution is 5.89. The lowest BCUT2D eigenvalue weighted by Crippen LogP contribution is -2.15. The molecule has 12 heteroatoms. The fourth-order valence-electron chi connectivity index (χ4n) is 3.07. The number of aromatic nitrogens is 2. The van der Waals surface area contributed by atoms with E-state index in [2.05, 4.69) is 31.2 Å². The molecule has 36 heavy (non-hydrogen) atoms. The second kappa shape index (κ2) is 12.6. The third kappa shape index (κ3) is 7.65. The molecule has 3 aromatic rings. The van der Waals surface area contributed by atoms with Crippen LogP contribution in [0.5, 0.6) is 0 Å². The minimum Gasteiger partial charge on any atom is -0.450 e. The summed E-state index contributed by atoms with van der Waals surface area (Å²) in [4.78, 5) is 31.6. The topological polar surface area (TPSA) is 179 Å². The van der Waals surface area contributed by atoms with Crippen molar-refractivity contribution in [3.8, 4) is 0 Å². The van der Waals surface area contributed by atoms with Crippen molar-refractivity contribution in [3.63, 3.8) is 0 Å². The van der Waals surface area contributed by atoms with E-state index in [0.717, 1.165) is 11.1 Å². The molecule has 0 radical (unpaired) electrons. The number of nitrogens with one attached hydrogen (secondary N) is 4. The first kappa shape index (κ1) is 25.9. The van der Waals surface area contributed by atoms with E-state index in [1.807, 2.05) is 24.3 Å². The highest BCUT2D eigenvalue weighted by atomic mass is 16.6. The van der Waals surface area contributed by atoms with Crippen molar-refractivity contribution in [1.82, 2.24) is 9.97 Å². The molecule has 0 unspecified atom stereocenters. The highest BCUT2D eigenvalue weighted by Crippen LogP contribution is 2.21. The van der Waals surface area contributed by atoms with Gasteiger partial charge in [-0.3, -0.25) is 10.6 Å². The van der Waals surface area contributed by atoms with Crippen molar-refractivity contribution < 1.29 is 19.1 Å². The molecule has 0 saturated carbocycles. The zero-order valence-corrected chi connectivity index (χ0v) is 20.1.